The predicted octanol–water partition coefficient (Wildman–Crippen LogP) is 0.913. The van der Waals surface area contributed by atoms with E-state index < -0.39 is 0 Å². The first-order chi connectivity index (χ1) is 12.1. The summed E-state index contributed by atoms with van der Waals surface area (Å²) in [4.78, 5) is 33.1. The van der Waals surface area contributed by atoms with Crippen LogP contribution >= 0.6 is 11.3 Å². The van der Waals surface area contributed by atoms with Gasteiger partial charge in [0.25, 0.3) is 5.56 Å². The average molecular weight is 364 g/mol. The van der Waals surface area contributed by atoms with Gasteiger partial charge >= 0.3 is 0 Å². The summed E-state index contributed by atoms with van der Waals surface area (Å²) < 4.78 is 6.83. The maximum atomic E-state index is 12.6. The maximum absolute atomic E-state index is 12.6. The van der Waals surface area contributed by atoms with E-state index >= 15 is 0 Å². The predicted molar refractivity (Wildman–Crippen MR) is 98.2 cm³/mol. The summed E-state index contributed by atoms with van der Waals surface area (Å²) in [7, 11) is 0. The van der Waals surface area contributed by atoms with Crippen molar-refractivity contribution in [3.05, 3.63) is 27.1 Å². The summed E-state index contributed by atoms with van der Waals surface area (Å²) >= 11 is 1.53. The maximum Gasteiger partial charge on any atom is 0.262 e. The monoisotopic (exact) mass is 364 g/mol. The smallest absolute Gasteiger partial charge is 0.262 e. The molecule has 3 heterocycles. The van der Waals surface area contributed by atoms with Crippen LogP contribution in [-0.2, 0) is 16.1 Å². The van der Waals surface area contributed by atoms with Crippen LogP contribution in [0.2, 0.25) is 0 Å². The van der Waals surface area contributed by atoms with Gasteiger partial charge in [-0.3, -0.25) is 19.1 Å². The van der Waals surface area contributed by atoms with Crippen LogP contribution in [-0.4, -0.2) is 59.8 Å². The number of carbonyl (C=O) groups excluding carboxylic acids is 1. The minimum Gasteiger partial charge on any atom is -0.379 e. The highest BCUT2D eigenvalue weighted by atomic mass is 32.1. The number of hydrogen-bond acceptors (Lipinski definition) is 6. The average Bonchev–Trinajstić information content (AvgIpc) is 2.90. The summed E-state index contributed by atoms with van der Waals surface area (Å²) in [5.74, 6) is -0.0431. The summed E-state index contributed by atoms with van der Waals surface area (Å²) in [6.07, 6.45) is 1.82. The first-order valence-corrected chi connectivity index (χ1v) is 9.40. The number of aryl methyl sites for hydroxylation is 3. The molecule has 1 aliphatic rings. The van der Waals surface area contributed by atoms with Crippen molar-refractivity contribution in [1.82, 2.24) is 19.8 Å². The van der Waals surface area contributed by atoms with E-state index in [1.54, 1.807) is 6.33 Å². The molecule has 3 rings (SSSR count). The van der Waals surface area contributed by atoms with E-state index in [1.807, 2.05) is 13.8 Å². The van der Waals surface area contributed by atoms with E-state index in [1.165, 1.54) is 15.9 Å². The number of nitrogens with one attached hydrogen (secondary N) is 1. The molecule has 0 spiro atoms. The van der Waals surface area contributed by atoms with Crippen LogP contribution in [0.3, 0.4) is 0 Å². The first-order valence-electron chi connectivity index (χ1n) is 8.58. The molecule has 1 amide bonds. The number of hydrogen-bond donors (Lipinski definition) is 1. The number of amides is 1. The summed E-state index contributed by atoms with van der Waals surface area (Å²) in [6, 6.07) is 0. The highest BCUT2D eigenvalue weighted by molar-refractivity contribution is 7.18. The standard InChI is InChI=1S/C17H24N4O3S/c1-12-13(2)25-16-15(12)17(23)21(11-19-16)5-3-14(22)18-4-6-20-7-9-24-10-8-20/h11H,3-10H2,1-2H3,(H,18,22). The molecule has 1 aliphatic heterocycles. The van der Waals surface area contributed by atoms with Crippen molar-refractivity contribution in [2.45, 2.75) is 26.8 Å². The number of morpholine rings is 1. The summed E-state index contributed by atoms with van der Waals surface area (Å²) in [5, 5.41) is 3.60. The Morgan fingerprint density at radius 2 is 2.08 bits per heavy atom. The SMILES string of the molecule is Cc1sc2ncn(CCC(=O)NCCN3CCOCC3)c(=O)c2c1C. The van der Waals surface area contributed by atoms with E-state index in [-0.39, 0.29) is 17.9 Å². The molecule has 0 atom stereocenters. The molecule has 0 bridgehead atoms. The lowest BCUT2D eigenvalue weighted by Gasteiger charge is -2.26. The lowest BCUT2D eigenvalue weighted by Crippen LogP contribution is -2.41. The van der Waals surface area contributed by atoms with Crippen molar-refractivity contribution in [1.29, 1.82) is 0 Å². The second-order valence-corrected chi connectivity index (χ2v) is 7.46. The molecule has 2 aromatic heterocycles. The molecule has 7 nitrogen and oxygen atoms in total. The zero-order valence-corrected chi connectivity index (χ0v) is 15.5. The molecule has 0 aliphatic carbocycles. The van der Waals surface area contributed by atoms with Crippen LogP contribution < -0.4 is 10.9 Å². The molecular formula is C17H24N4O3S. The number of aromatic nitrogens is 2. The number of carbonyl (C=O) groups is 1. The van der Waals surface area contributed by atoms with Gasteiger partial charge in [0.1, 0.15) is 4.83 Å². The van der Waals surface area contributed by atoms with Gasteiger partial charge in [0, 0.05) is 44.0 Å². The number of ether oxygens (including phenoxy) is 1. The van der Waals surface area contributed by atoms with Crippen molar-refractivity contribution in [2.24, 2.45) is 0 Å². The molecule has 8 heteroatoms. The van der Waals surface area contributed by atoms with Gasteiger partial charge in [-0.25, -0.2) is 4.98 Å². The quantitative estimate of drug-likeness (QED) is 0.825. The molecule has 0 unspecified atom stereocenters. The molecule has 2 aromatic rings. The van der Waals surface area contributed by atoms with Crippen LogP contribution in [0.25, 0.3) is 10.2 Å². The van der Waals surface area contributed by atoms with E-state index in [0.717, 1.165) is 48.1 Å². The van der Waals surface area contributed by atoms with Crippen molar-refractivity contribution >= 4 is 27.5 Å². The molecule has 136 valence electrons. The molecule has 1 fully saturated rings. The second kappa shape index (κ2) is 8.07. The van der Waals surface area contributed by atoms with Crippen LogP contribution in [0.4, 0.5) is 0 Å². The van der Waals surface area contributed by atoms with Crippen molar-refractivity contribution in [3.8, 4) is 0 Å². The molecule has 1 N–H and O–H groups in total. The zero-order valence-electron chi connectivity index (χ0n) is 14.7. The Labute approximate surface area is 150 Å². The molecule has 25 heavy (non-hydrogen) atoms. The third-order valence-electron chi connectivity index (χ3n) is 4.59. The van der Waals surface area contributed by atoms with E-state index in [2.05, 4.69) is 15.2 Å². The van der Waals surface area contributed by atoms with Crippen molar-refractivity contribution < 1.29 is 9.53 Å². The number of thiophene rings is 1. The minimum atomic E-state index is -0.0621. The van der Waals surface area contributed by atoms with Gasteiger partial charge in [-0.15, -0.1) is 11.3 Å². The fourth-order valence-corrected chi connectivity index (χ4v) is 3.91. The normalized spacial score (nSPS) is 15.6. The number of nitrogens with zero attached hydrogens (tertiary/aromatic N) is 3. The summed E-state index contributed by atoms with van der Waals surface area (Å²) in [5.41, 5.74) is 0.926. The van der Waals surface area contributed by atoms with Gasteiger partial charge in [-0.1, -0.05) is 0 Å². The van der Waals surface area contributed by atoms with Gasteiger partial charge in [0.15, 0.2) is 0 Å². The fraction of sp³-hybridized carbons (Fsp3) is 0.588. The van der Waals surface area contributed by atoms with Crippen LogP contribution in [0, 0.1) is 13.8 Å². The van der Waals surface area contributed by atoms with Crippen LogP contribution in [0.5, 0.6) is 0 Å². The van der Waals surface area contributed by atoms with E-state index in [4.69, 9.17) is 4.74 Å². The molecule has 1 saturated heterocycles. The Hall–Kier alpha value is -1.77. The highest BCUT2D eigenvalue weighted by Gasteiger charge is 2.13. The third-order valence-corrected chi connectivity index (χ3v) is 5.70. The topological polar surface area (TPSA) is 76.5 Å². The van der Waals surface area contributed by atoms with Crippen LogP contribution in [0.1, 0.15) is 16.9 Å². The van der Waals surface area contributed by atoms with E-state index in [9.17, 15) is 9.59 Å². The van der Waals surface area contributed by atoms with Crippen molar-refractivity contribution in [2.75, 3.05) is 39.4 Å². The Morgan fingerprint density at radius 3 is 2.84 bits per heavy atom. The first kappa shape index (κ1) is 18.0. The van der Waals surface area contributed by atoms with Gasteiger partial charge in [0.2, 0.25) is 5.91 Å². The molecule has 0 radical (unpaired) electrons. The van der Waals surface area contributed by atoms with E-state index in [0.29, 0.717) is 18.5 Å². The van der Waals surface area contributed by atoms with Gasteiger partial charge in [0.05, 0.1) is 24.9 Å². The Kier molecular flexibility index (Phi) is 5.82. The number of fused-ring (bicyclic) bond motifs is 1. The van der Waals surface area contributed by atoms with Gasteiger partial charge in [-0.2, -0.15) is 0 Å². The number of rotatable bonds is 6. The van der Waals surface area contributed by atoms with Crippen LogP contribution in [0.15, 0.2) is 11.1 Å². The largest absolute Gasteiger partial charge is 0.379 e. The molecule has 0 saturated carbocycles. The fourth-order valence-electron chi connectivity index (χ4n) is 2.92. The molecule has 0 aromatic carbocycles. The Morgan fingerprint density at radius 1 is 1.32 bits per heavy atom. The Bertz CT molecular complexity index is 808. The summed E-state index contributed by atoms with van der Waals surface area (Å²) in [6.45, 7) is 9.07. The Balaban J connectivity index is 1.52. The second-order valence-electron chi connectivity index (χ2n) is 6.26. The highest BCUT2D eigenvalue weighted by Crippen LogP contribution is 2.25. The minimum absolute atomic E-state index is 0.0431. The molecular weight excluding hydrogens is 340 g/mol. The lowest BCUT2D eigenvalue weighted by molar-refractivity contribution is -0.121. The van der Waals surface area contributed by atoms with Gasteiger partial charge < -0.3 is 10.1 Å². The lowest BCUT2D eigenvalue weighted by atomic mass is 10.2. The zero-order chi connectivity index (χ0) is 17.8. The van der Waals surface area contributed by atoms with Gasteiger partial charge in [-0.05, 0) is 19.4 Å². The van der Waals surface area contributed by atoms with Crippen molar-refractivity contribution in [3.63, 3.8) is 0 Å². The third kappa shape index (κ3) is 4.26.